The Morgan fingerprint density at radius 1 is 1.29 bits per heavy atom. The number of rotatable bonds is 3. The van der Waals surface area contributed by atoms with Crippen LogP contribution in [-0.2, 0) is 6.54 Å². The molecule has 0 radical (unpaired) electrons. The Kier molecular flexibility index (Phi) is 3.63. The van der Waals surface area contributed by atoms with Gasteiger partial charge in [-0.25, -0.2) is 14.6 Å². The second kappa shape index (κ2) is 5.18. The van der Waals surface area contributed by atoms with E-state index in [1.165, 1.54) is 10.7 Å². The van der Waals surface area contributed by atoms with E-state index in [0.29, 0.717) is 18.1 Å². The molecule has 2 heterocycles. The standard InChI is InChI=1S/C11H11BrN4O/c1-2-5-16-10(17)4-3-9(15-16)11-13-6-8(12)7-14-11/h3-4,6-7H,2,5H2,1H3. The molecule has 0 amide bonds. The van der Waals surface area contributed by atoms with Crippen molar-refractivity contribution in [3.8, 4) is 11.5 Å². The molecule has 0 unspecified atom stereocenters. The molecule has 0 spiro atoms. The van der Waals surface area contributed by atoms with E-state index in [1.54, 1.807) is 18.5 Å². The quantitative estimate of drug-likeness (QED) is 0.867. The van der Waals surface area contributed by atoms with Crippen molar-refractivity contribution < 1.29 is 0 Å². The van der Waals surface area contributed by atoms with Crippen LogP contribution in [0.5, 0.6) is 0 Å². The molecule has 2 rings (SSSR count). The van der Waals surface area contributed by atoms with Crippen molar-refractivity contribution in [1.29, 1.82) is 0 Å². The summed E-state index contributed by atoms with van der Waals surface area (Å²) in [6.45, 7) is 2.60. The smallest absolute Gasteiger partial charge is 0.266 e. The first-order chi connectivity index (χ1) is 8.20. The van der Waals surface area contributed by atoms with Crippen LogP contribution in [0, 0.1) is 0 Å². The molecule has 0 N–H and O–H groups in total. The van der Waals surface area contributed by atoms with E-state index in [9.17, 15) is 4.79 Å². The Hall–Kier alpha value is -1.56. The van der Waals surface area contributed by atoms with Gasteiger partial charge in [0.1, 0.15) is 5.69 Å². The average molecular weight is 295 g/mol. The van der Waals surface area contributed by atoms with Crippen molar-refractivity contribution in [3.63, 3.8) is 0 Å². The molecular weight excluding hydrogens is 284 g/mol. The Balaban J connectivity index is 2.42. The molecule has 0 saturated carbocycles. The lowest BCUT2D eigenvalue weighted by atomic mass is 10.3. The highest BCUT2D eigenvalue weighted by molar-refractivity contribution is 9.10. The van der Waals surface area contributed by atoms with E-state index in [-0.39, 0.29) is 5.56 Å². The molecular formula is C11H11BrN4O. The van der Waals surface area contributed by atoms with Crippen LogP contribution >= 0.6 is 15.9 Å². The second-order valence-electron chi connectivity index (χ2n) is 3.50. The third kappa shape index (κ3) is 2.76. The number of aryl methyl sites for hydroxylation is 1. The van der Waals surface area contributed by atoms with E-state index >= 15 is 0 Å². The van der Waals surface area contributed by atoms with E-state index in [2.05, 4.69) is 31.0 Å². The Bertz CT molecular complexity index is 564. The van der Waals surface area contributed by atoms with E-state index in [1.807, 2.05) is 6.92 Å². The summed E-state index contributed by atoms with van der Waals surface area (Å²) >= 11 is 3.27. The van der Waals surface area contributed by atoms with E-state index in [4.69, 9.17) is 0 Å². The Labute approximate surface area is 107 Å². The molecule has 0 fully saturated rings. The molecule has 6 heteroatoms. The summed E-state index contributed by atoms with van der Waals surface area (Å²) in [4.78, 5) is 19.8. The summed E-state index contributed by atoms with van der Waals surface area (Å²) in [6.07, 6.45) is 4.16. The molecule has 2 aromatic rings. The van der Waals surface area contributed by atoms with Gasteiger partial charge in [-0.05, 0) is 28.4 Å². The summed E-state index contributed by atoms with van der Waals surface area (Å²) < 4.78 is 2.24. The van der Waals surface area contributed by atoms with E-state index in [0.717, 1.165) is 10.9 Å². The van der Waals surface area contributed by atoms with Crippen LogP contribution in [0.4, 0.5) is 0 Å². The van der Waals surface area contributed by atoms with Crippen molar-refractivity contribution in [2.45, 2.75) is 19.9 Å². The molecule has 0 atom stereocenters. The number of halogens is 1. The zero-order valence-corrected chi connectivity index (χ0v) is 10.9. The maximum Gasteiger partial charge on any atom is 0.266 e. The first-order valence-corrected chi connectivity index (χ1v) is 6.06. The van der Waals surface area contributed by atoms with Gasteiger partial charge in [-0.15, -0.1) is 0 Å². The number of hydrogen-bond donors (Lipinski definition) is 0. The summed E-state index contributed by atoms with van der Waals surface area (Å²) in [5.41, 5.74) is 0.498. The predicted molar refractivity (Wildman–Crippen MR) is 67.5 cm³/mol. The van der Waals surface area contributed by atoms with Gasteiger partial charge < -0.3 is 0 Å². The zero-order valence-electron chi connectivity index (χ0n) is 9.30. The minimum Gasteiger partial charge on any atom is -0.268 e. The molecule has 5 nitrogen and oxygen atoms in total. The molecule has 17 heavy (non-hydrogen) atoms. The maximum absolute atomic E-state index is 11.5. The van der Waals surface area contributed by atoms with Crippen molar-refractivity contribution in [1.82, 2.24) is 19.7 Å². The third-order valence-electron chi connectivity index (χ3n) is 2.15. The molecule has 0 bridgehead atoms. The van der Waals surface area contributed by atoms with Crippen LogP contribution in [-0.4, -0.2) is 19.7 Å². The Morgan fingerprint density at radius 3 is 2.65 bits per heavy atom. The molecule has 2 aromatic heterocycles. The van der Waals surface area contributed by atoms with Gasteiger partial charge in [0.05, 0.1) is 4.47 Å². The highest BCUT2D eigenvalue weighted by Crippen LogP contribution is 2.11. The highest BCUT2D eigenvalue weighted by Gasteiger charge is 2.05. The monoisotopic (exact) mass is 294 g/mol. The van der Waals surface area contributed by atoms with Gasteiger partial charge in [0.2, 0.25) is 0 Å². The number of aromatic nitrogens is 4. The van der Waals surface area contributed by atoms with Crippen LogP contribution < -0.4 is 5.56 Å². The largest absolute Gasteiger partial charge is 0.268 e. The predicted octanol–water partition coefficient (Wildman–Crippen LogP) is 1.87. The third-order valence-corrected chi connectivity index (χ3v) is 2.56. The van der Waals surface area contributed by atoms with Crippen molar-refractivity contribution in [3.05, 3.63) is 39.4 Å². The van der Waals surface area contributed by atoms with Gasteiger partial charge in [0, 0.05) is 25.0 Å². The molecule has 0 aliphatic heterocycles. The average Bonchev–Trinajstić information content (AvgIpc) is 2.33. The fourth-order valence-corrected chi connectivity index (χ4v) is 1.59. The lowest BCUT2D eigenvalue weighted by molar-refractivity contribution is 0.569. The van der Waals surface area contributed by atoms with Gasteiger partial charge in [-0.1, -0.05) is 6.92 Å². The maximum atomic E-state index is 11.5. The minimum atomic E-state index is -0.104. The minimum absolute atomic E-state index is 0.104. The summed E-state index contributed by atoms with van der Waals surface area (Å²) in [5, 5.41) is 4.23. The van der Waals surface area contributed by atoms with Crippen LogP contribution in [0.1, 0.15) is 13.3 Å². The first kappa shape index (κ1) is 11.9. The Morgan fingerprint density at radius 2 is 2.00 bits per heavy atom. The van der Waals surface area contributed by atoms with Crippen molar-refractivity contribution >= 4 is 15.9 Å². The van der Waals surface area contributed by atoms with Crippen LogP contribution in [0.15, 0.2) is 33.8 Å². The van der Waals surface area contributed by atoms with Crippen molar-refractivity contribution in [2.75, 3.05) is 0 Å². The van der Waals surface area contributed by atoms with Gasteiger partial charge in [0.25, 0.3) is 5.56 Å². The highest BCUT2D eigenvalue weighted by atomic mass is 79.9. The summed E-state index contributed by atoms with van der Waals surface area (Å²) in [7, 11) is 0. The van der Waals surface area contributed by atoms with E-state index < -0.39 is 0 Å². The molecule has 0 aliphatic carbocycles. The molecule has 0 saturated heterocycles. The summed E-state index contributed by atoms with van der Waals surface area (Å²) in [6, 6.07) is 3.13. The van der Waals surface area contributed by atoms with Gasteiger partial charge >= 0.3 is 0 Å². The lowest BCUT2D eigenvalue weighted by Gasteiger charge is -2.04. The number of nitrogens with zero attached hydrogens (tertiary/aromatic N) is 4. The summed E-state index contributed by atoms with van der Waals surface area (Å²) in [5.74, 6) is 0.512. The topological polar surface area (TPSA) is 60.7 Å². The fraction of sp³-hybridized carbons (Fsp3) is 0.273. The number of hydrogen-bond acceptors (Lipinski definition) is 4. The normalized spacial score (nSPS) is 10.5. The SMILES string of the molecule is CCCn1nc(-c2ncc(Br)cn2)ccc1=O. The first-order valence-electron chi connectivity index (χ1n) is 5.27. The fourth-order valence-electron chi connectivity index (χ4n) is 1.38. The molecule has 88 valence electrons. The van der Waals surface area contributed by atoms with Gasteiger partial charge in [0.15, 0.2) is 5.82 Å². The zero-order chi connectivity index (χ0) is 12.3. The van der Waals surface area contributed by atoms with Crippen LogP contribution in [0.2, 0.25) is 0 Å². The van der Waals surface area contributed by atoms with Crippen LogP contribution in [0.3, 0.4) is 0 Å². The van der Waals surface area contributed by atoms with Crippen LogP contribution in [0.25, 0.3) is 11.5 Å². The van der Waals surface area contributed by atoms with Gasteiger partial charge in [-0.3, -0.25) is 4.79 Å². The second-order valence-corrected chi connectivity index (χ2v) is 4.42. The van der Waals surface area contributed by atoms with Gasteiger partial charge in [-0.2, -0.15) is 5.10 Å². The molecule has 0 aliphatic rings. The lowest BCUT2D eigenvalue weighted by Crippen LogP contribution is -2.22. The molecule has 0 aromatic carbocycles. The van der Waals surface area contributed by atoms with Crippen molar-refractivity contribution in [2.24, 2.45) is 0 Å².